The van der Waals surface area contributed by atoms with Gasteiger partial charge in [0.1, 0.15) is 18.2 Å². The van der Waals surface area contributed by atoms with E-state index in [-0.39, 0.29) is 60.5 Å². The zero-order valence-corrected chi connectivity index (χ0v) is 41.8. The van der Waals surface area contributed by atoms with Crippen molar-refractivity contribution in [2.45, 2.75) is 188 Å². The van der Waals surface area contributed by atoms with E-state index in [1.165, 1.54) is 4.90 Å². The number of methoxy groups -OCH3 is 3. The smallest absolute Gasteiger partial charge is 0.329 e. The molecule has 0 unspecified atom stereocenters. The summed E-state index contributed by atoms with van der Waals surface area (Å²) in [5.74, 6) is -5.78. The lowest BCUT2D eigenvalue weighted by atomic mass is 9.75. The lowest BCUT2D eigenvalue weighted by Gasteiger charge is -2.43. The van der Waals surface area contributed by atoms with Crippen LogP contribution in [0.1, 0.15) is 139 Å². The van der Waals surface area contributed by atoms with Crippen molar-refractivity contribution in [3.63, 3.8) is 0 Å². The van der Waals surface area contributed by atoms with Crippen molar-refractivity contribution in [1.82, 2.24) is 4.90 Å². The number of carbonyl (C=O) groups excluding carboxylic acids is 4. The van der Waals surface area contributed by atoms with E-state index in [1.54, 1.807) is 28.3 Å². The number of aliphatic hydroxyl groups is 2. The number of fused-ring (bicyclic) bond motifs is 3. The molecule has 0 radical (unpaired) electrons. The van der Waals surface area contributed by atoms with Crippen LogP contribution in [0.25, 0.3) is 0 Å². The fourth-order valence-electron chi connectivity index (χ4n) is 10.7. The zero-order valence-electron chi connectivity index (χ0n) is 41.8. The summed E-state index contributed by atoms with van der Waals surface area (Å²) in [4.78, 5) is 58.1. The number of allylic oxidation sites excluding steroid dienone is 5. The molecule has 3 heterocycles. The molecule has 65 heavy (non-hydrogen) atoms. The maximum absolute atomic E-state index is 14.5. The van der Waals surface area contributed by atoms with Crippen molar-refractivity contribution in [1.29, 1.82) is 0 Å². The molecule has 3 aliphatic heterocycles. The van der Waals surface area contributed by atoms with Crippen LogP contribution in [0.5, 0.6) is 0 Å². The second kappa shape index (κ2) is 25.4. The monoisotopic (exact) mass is 912 g/mol. The second-order valence-corrected chi connectivity index (χ2v) is 20.5. The molecule has 12 heteroatoms. The van der Waals surface area contributed by atoms with Crippen molar-refractivity contribution < 1.29 is 53.1 Å². The Kier molecular flexibility index (Phi) is 21.3. The van der Waals surface area contributed by atoms with Gasteiger partial charge in [-0.2, -0.15) is 0 Å². The van der Waals surface area contributed by atoms with E-state index in [0.717, 1.165) is 36.8 Å². The van der Waals surface area contributed by atoms with Gasteiger partial charge in [0.25, 0.3) is 11.7 Å². The minimum absolute atomic E-state index is 0.0327. The average molecular weight is 912 g/mol. The number of carbonyl (C=O) groups is 4. The van der Waals surface area contributed by atoms with Gasteiger partial charge in [-0.05, 0) is 107 Å². The van der Waals surface area contributed by atoms with E-state index in [2.05, 4.69) is 26.8 Å². The Morgan fingerprint density at radius 2 is 1.55 bits per heavy atom. The Morgan fingerprint density at radius 3 is 2.23 bits per heavy atom. The SMILES string of the molecule is CO[C@H]1C[C@@H]2CC[C@@H](C)[C@@](O)(O2)C(=O)C(=O)N2CCCC[C@H]2C(=O)O[C@H]([C@H](C)C[C@@H]2CC[C@@H](C)[C@H](OC)C2)C[C@@H](O)[C@H](C)/C=C(\C)[C@@H](C)[C@@H](OC)C(=O)[C@H](C)C[C@H](C)/C=C/C=C/C=C/1C. The van der Waals surface area contributed by atoms with Crippen LogP contribution in [0.4, 0.5) is 0 Å². The number of nitrogens with zero attached hydrogens (tertiary/aromatic N) is 1. The van der Waals surface area contributed by atoms with Crippen molar-refractivity contribution in [2.75, 3.05) is 27.9 Å². The van der Waals surface area contributed by atoms with Crippen LogP contribution in [0.2, 0.25) is 0 Å². The minimum atomic E-state index is -2.38. The molecule has 4 rings (SSSR count). The summed E-state index contributed by atoms with van der Waals surface area (Å²) >= 11 is 0. The highest BCUT2D eigenvalue weighted by molar-refractivity contribution is 6.39. The van der Waals surface area contributed by atoms with Crippen molar-refractivity contribution in [3.8, 4) is 0 Å². The Bertz CT molecular complexity index is 1700. The summed E-state index contributed by atoms with van der Waals surface area (Å²) in [7, 11) is 4.93. The third-order valence-electron chi connectivity index (χ3n) is 15.4. The Balaban J connectivity index is 1.70. The third-order valence-corrected chi connectivity index (χ3v) is 15.4. The van der Waals surface area contributed by atoms with Crippen LogP contribution in [-0.4, -0.2) is 115 Å². The fourth-order valence-corrected chi connectivity index (χ4v) is 10.7. The van der Waals surface area contributed by atoms with E-state index in [9.17, 15) is 29.4 Å². The predicted octanol–water partition coefficient (Wildman–Crippen LogP) is 8.52. The van der Waals surface area contributed by atoms with Crippen molar-refractivity contribution in [3.05, 3.63) is 47.6 Å². The first kappa shape index (κ1) is 54.6. The fraction of sp³-hybridized carbons (Fsp3) is 0.774. The summed E-state index contributed by atoms with van der Waals surface area (Å²) in [5.41, 5.74) is 1.83. The number of aliphatic hydroxyl groups excluding tert-OH is 1. The standard InChI is InChI=1S/C53H85NO11/c1-32-18-14-13-15-19-33(2)46(62-11)30-42-24-22-39(8)53(60,65-42)50(57)51(58)54-25-17-16-20-43(54)52(59)64-47(37(6)28-41-23-21-34(3)45(29-41)61-10)31-44(55)36(5)27-35(4)40(9)49(63-12)48(56)38(7)26-32/h13-15,18-19,27,32,34,36-47,49,55,60H,16-17,20-26,28-31H2,1-12H3/b15-13+,18-14+,33-19+,35-27+/t32-,34-,36-,37-,38-,39-,40-,41+,42+,43+,44-,45-,46+,47+,49-,53-/m1/s1. The van der Waals surface area contributed by atoms with Gasteiger partial charge in [0.05, 0.1) is 24.4 Å². The number of amides is 1. The van der Waals surface area contributed by atoms with Crippen LogP contribution >= 0.6 is 0 Å². The largest absolute Gasteiger partial charge is 0.460 e. The van der Waals surface area contributed by atoms with E-state index in [4.69, 9.17) is 23.7 Å². The lowest BCUT2D eigenvalue weighted by molar-refractivity contribution is -0.265. The van der Waals surface area contributed by atoms with Gasteiger partial charge in [-0.25, -0.2) is 4.79 Å². The number of Topliss-reactive ketones (excluding diaryl/α,β-unsaturated/α-hetero) is 2. The quantitative estimate of drug-likeness (QED) is 0.150. The molecule has 1 amide bonds. The van der Waals surface area contributed by atoms with Crippen LogP contribution < -0.4 is 0 Å². The maximum atomic E-state index is 14.5. The van der Waals surface area contributed by atoms with Crippen molar-refractivity contribution in [2.24, 2.45) is 47.3 Å². The molecule has 368 valence electrons. The molecule has 2 bridgehead atoms. The van der Waals surface area contributed by atoms with E-state index in [1.807, 2.05) is 65.0 Å². The maximum Gasteiger partial charge on any atom is 0.329 e. The van der Waals surface area contributed by atoms with Gasteiger partial charge >= 0.3 is 5.97 Å². The van der Waals surface area contributed by atoms with Gasteiger partial charge in [0.15, 0.2) is 5.78 Å². The summed E-state index contributed by atoms with van der Waals surface area (Å²) in [6, 6.07) is -1.04. The summed E-state index contributed by atoms with van der Waals surface area (Å²) in [6.07, 6.45) is 16.2. The van der Waals surface area contributed by atoms with Crippen LogP contribution in [0.15, 0.2) is 47.6 Å². The highest BCUT2D eigenvalue weighted by Gasteiger charge is 2.53. The molecule has 12 nitrogen and oxygen atoms in total. The molecule has 0 aromatic carbocycles. The van der Waals surface area contributed by atoms with Gasteiger partial charge in [-0.1, -0.05) is 90.5 Å². The molecule has 0 aromatic heterocycles. The molecule has 1 saturated carbocycles. The third kappa shape index (κ3) is 14.5. The van der Waals surface area contributed by atoms with Gasteiger partial charge in [0, 0.05) is 64.4 Å². The first-order valence-corrected chi connectivity index (χ1v) is 24.7. The molecule has 2 saturated heterocycles. The van der Waals surface area contributed by atoms with Gasteiger partial charge in [-0.15, -0.1) is 0 Å². The molecule has 1 aliphatic carbocycles. The van der Waals surface area contributed by atoms with E-state index >= 15 is 0 Å². The summed E-state index contributed by atoms with van der Waals surface area (Å²) in [5, 5.41) is 23.9. The topological polar surface area (TPSA) is 158 Å². The number of ketones is 2. The summed E-state index contributed by atoms with van der Waals surface area (Å²) in [6.45, 7) is 18.0. The first-order chi connectivity index (χ1) is 30.7. The number of ether oxygens (including phenoxy) is 5. The van der Waals surface area contributed by atoms with Gasteiger partial charge in [-0.3, -0.25) is 14.4 Å². The Hall–Kier alpha value is -3.00. The number of piperidine rings is 1. The number of rotatable bonds is 6. The molecule has 16 atom stereocenters. The van der Waals surface area contributed by atoms with Crippen LogP contribution in [0.3, 0.4) is 0 Å². The molecule has 0 spiro atoms. The highest BCUT2D eigenvalue weighted by Crippen LogP contribution is 2.39. The van der Waals surface area contributed by atoms with E-state index < -0.39 is 59.8 Å². The molecular formula is C53H85NO11. The average Bonchev–Trinajstić information content (AvgIpc) is 3.28. The number of esters is 1. The molecule has 4 aliphatic rings. The second-order valence-electron chi connectivity index (χ2n) is 20.5. The van der Waals surface area contributed by atoms with Crippen molar-refractivity contribution >= 4 is 23.4 Å². The number of hydrogen-bond acceptors (Lipinski definition) is 11. The Labute approximate surface area is 390 Å². The highest BCUT2D eigenvalue weighted by atomic mass is 16.6. The normalized spacial score (nSPS) is 41.5. The molecule has 3 fully saturated rings. The Morgan fingerprint density at radius 1 is 0.831 bits per heavy atom. The molecular weight excluding hydrogens is 827 g/mol. The molecule has 0 aromatic rings. The summed E-state index contributed by atoms with van der Waals surface area (Å²) < 4.78 is 30.2. The van der Waals surface area contributed by atoms with Gasteiger partial charge in [0.2, 0.25) is 5.79 Å². The van der Waals surface area contributed by atoms with Crippen LogP contribution in [0, 0.1) is 47.3 Å². The molecule has 2 N–H and O–H groups in total. The number of hydrogen-bond donors (Lipinski definition) is 2. The zero-order chi connectivity index (χ0) is 48.2. The van der Waals surface area contributed by atoms with Gasteiger partial charge < -0.3 is 38.8 Å². The first-order valence-electron chi connectivity index (χ1n) is 24.7. The van der Waals surface area contributed by atoms with Crippen LogP contribution in [-0.2, 0) is 42.9 Å². The van der Waals surface area contributed by atoms with E-state index in [0.29, 0.717) is 56.8 Å². The number of cyclic esters (lactones) is 1. The lowest BCUT2D eigenvalue weighted by Crippen LogP contribution is -2.61. The minimum Gasteiger partial charge on any atom is -0.460 e. The predicted molar refractivity (Wildman–Crippen MR) is 252 cm³/mol.